The van der Waals surface area contributed by atoms with E-state index in [2.05, 4.69) is 10.6 Å². The lowest BCUT2D eigenvalue weighted by Crippen LogP contribution is -2.42. The van der Waals surface area contributed by atoms with Gasteiger partial charge in [-0.1, -0.05) is 23.5 Å². The van der Waals surface area contributed by atoms with Crippen LogP contribution in [0.2, 0.25) is 0 Å². The Bertz CT molecular complexity index is 625. The molecule has 0 aliphatic rings. The number of carbonyl (C=O) groups excluding carboxylic acids is 6. The maximum absolute atomic E-state index is 11.9. The third kappa shape index (κ3) is 13.0. The fourth-order valence-electron chi connectivity index (χ4n) is 1.88. The third-order valence-electron chi connectivity index (χ3n) is 3.04. The molecule has 12 heteroatoms. The van der Waals surface area contributed by atoms with Gasteiger partial charge in [0.2, 0.25) is 22.0 Å². The number of hydrogen-bond donors (Lipinski definition) is 2. The van der Waals surface area contributed by atoms with E-state index >= 15 is 0 Å². The van der Waals surface area contributed by atoms with Crippen molar-refractivity contribution in [1.82, 2.24) is 10.6 Å². The molecular formula is C18H26N2O8S2. The van der Waals surface area contributed by atoms with Gasteiger partial charge >= 0.3 is 11.9 Å². The SMILES string of the molecule is CCOC(=O)[C@H](CSC(=O)/C=C/C(=O)SC[C@H](NC(C)=O)C(=O)OCC)NC(C)=O. The van der Waals surface area contributed by atoms with Crippen LogP contribution in [-0.2, 0) is 38.2 Å². The number of nitrogens with one attached hydrogen (secondary N) is 2. The van der Waals surface area contributed by atoms with E-state index in [1.165, 1.54) is 13.8 Å². The van der Waals surface area contributed by atoms with Crippen molar-refractivity contribution >= 4 is 57.5 Å². The number of ether oxygens (including phenoxy) is 2. The molecule has 0 heterocycles. The lowest BCUT2D eigenvalue weighted by molar-refractivity contribution is -0.147. The minimum absolute atomic E-state index is 0.0591. The second kappa shape index (κ2) is 15.5. The van der Waals surface area contributed by atoms with Gasteiger partial charge in [-0.15, -0.1) is 0 Å². The molecule has 0 aromatic rings. The summed E-state index contributed by atoms with van der Waals surface area (Å²) in [5.74, 6) is -2.33. The Balaban J connectivity index is 4.64. The number of hydrogen-bond acceptors (Lipinski definition) is 10. The molecule has 0 unspecified atom stereocenters. The maximum Gasteiger partial charge on any atom is 0.329 e. The second-order valence-electron chi connectivity index (χ2n) is 5.60. The lowest BCUT2D eigenvalue weighted by atomic mass is 10.3. The van der Waals surface area contributed by atoms with Crippen molar-refractivity contribution in [3.8, 4) is 0 Å². The molecule has 2 amide bonds. The highest BCUT2D eigenvalue weighted by atomic mass is 32.2. The first-order valence-electron chi connectivity index (χ1n) is 8.99. The van der Waals surface area contributed by atoms with Crippen molar-refractivity contribution in [2.24, 2.45) is 0 Å². The van der Waals surface area contributed by atoms with Gasteiger partial charge in [0, 0.05) is 25.4 Å². The predicted octanol–water partition coefficient (Wildman–Crippen LogP) is 0.198. The molecule has 0 saturated heterocycles. The topological polar surface area (TPSA) is 145 Å². The smallest absolute Gasteiger partial charge is 0.329 e. The van der Waals surface area contributed by atoms with Gasteiger partial charge in [0.1, 0.15) is 12.1 Å². The molecule has 0 bridgehead atoms. The molecule has 0 aromatic carbocycles. The molecule has 0 aromatic heterocycles. The molecule has 10 nitrogen and oxygen atoms in total. The molecule has 2 N–H and O–H groups in total. The number of carbonyl (C=O) groups is 6. The molecule has 168 valence electrons. The van der Waals surface area contributed by atoms with Gasteiger partial charge in [-0.25, -0.2) is 9.59 Å². The zero-order valence-corrected chi connectivity index (χ0v) is 18.9. The average Bonchev–Trinajstić information content (AvgIpc) is 2.66. The normalized spacial score (nSPS) is 12.5. The molecule has 0 saturated carbocycles. The summed E-state index contributed by atoms with van der Waals surface area (Å²) in [5, 5.41) is 3.77. The van der Waals surface area contributed by atoms with E-state index in [4.69, 9.17) is 9.47 Å². The third-order valence-corrected chi connectivity index (χ3v) is 4.88. The van der Waals surface area contributed by atoms with Crippen molar-refractivity contribution in [1.29, 1.82) is 0 Å². The molecule has 0 radical (unpaired) electrons. The van der Waals surface area contributed by atoms with Crippen LogP contribution in [0.15, 0.2) is 12.2 Å². The first kappa shape index (κ1) is 27.7. The summed E-state index contributed by atoms with van der Waals surface area (Å²) >= 11 is 1.47. The summed E-state index contributed by atoms with van der Waals surface area (Å²) < 4.78 is 9.66. The number of rotatable bonds is 12. The van der Waals surface area contributed by atoms with Crippen LogP contribution in [0.4, 0.5) is 0 Å². The summed E-state index contributed by atoms with van der Waals surface area (Å²) in [6, 6.07) is -1.98. The number of amides is 2. The summed E-state index contributed by atoms with van der Waals surface area (Å²) in [6.45, 7) is 5.96. The van der Waals surface area contributed by atoms with E-state index in [1.807, 2.05) is 0 Å². The Morgan fingerprint density at radius 3 is 1.33 bits per heavy atom. The van der Waals surface area contributed by atoms with E-state index in [9.17, 15) is 28.8 Å². The fraction of sp³-hybridized carbons (Fsp3) is 0.556. The summed E-state index contributed by atoms with van der Waals surface area (Å²) in [7, 11) is 0. The molecule has 0 aliphatic heterocycles. The predicted molar refractivity (Wildman–Crippen MR) is 113 cm³/mol. The molecule has 0 aliphatic carbocycles. The van der Waals surface area contributed by atoms with Gasteiger partial charge in [0.15, 0.2) is 0 Å². The van der Waals surface area contributed by atoms with Crippen LogP contribution in [-0.4, -0.2) is 70.8 Å². The van der Waals surface area contributed by atoms with E-state index in [1.54, 1.807) is 13.8 Å². The van der Waals surface area contributed by atoms with Crippen LogP contribution in [0.1, 0.15) is 27.7 Å². The minimum atomic E-state index is -0.988. The average molecular weight is 463 g/mol. The van der Waals surface area contributed by atoms with Crippen molar-refractivity contribution in [3.63, 3.8) is 0 Å². The zero-order valence-electron chi connectivity index (χ0n) is 17.2. The first-order chi connectivity index (χ1) is 14.1. The highest BCUT2D eigenvalue weighted by Crippen LogP contribution is 2.11. The van der Waals surface area contributed by atoms with Crippen LogP contribution >= 0.6 is 23.5 Å². The van der Waals surface area contributed by atoms with E-state index in [-0.39, 0.29) is 24.7 Å². The van der Waals surface area contributed by atoms with E-state index in [0.717, 1.165) is 35.7 Å². The first-order valence-corrected chi connectivity index (χ1v) is 11.0. The Labute approximate surface area is 183 Å². The van der Waals surface area contributed by atoms with Gasteiger partial charge in [-0.2, -0.15) is 0 Å². The summed E-state index contributed by atoms with van der Waals surface area (Å²) in [5.41, 5.74) is 0. The number of esters is 2. The van der Waals surface area contributed by atoms with Gasteiger partial charge in [0.05, 0.1) is 13.2 Å². The summed E-state index contributed by atoms with van der Waals surface area (Å²) in [6.07, 6.45) is 2.04. The fourth-order valence-corrected chi connectivity index (χ4v) is 3.31. The van der Waals surface area contributed by atoms with Crippen LogP contribution in [0.3, 0.4) is 0 Å². The highest BCUT2D eigenvalue weighted by molar-refractivity contribution is 8.14. The molecule has 0 fully saturated rings. The van der Waals surface area contributed by atoms with Crippen LogP contribution < -0.4 is 10.6 Å². The Morgan fingerprint density at radius 1 is 0.733 bits per heavy atom. The molecular weight excluding hydrogens is 436 g/mol. The van der Waals surface area contributed by atoms with E-state index in [0.29, 0.717) is 0 Å². The standard InChI is InChI=1S/C18H26N2O8S2/c1-5-27-17(25)13(19-11(3)21)9-29-15(23)7-8-16(24)30-10-14(20-12(4)22)18(26)28-6-2/h7-8,13-14H,5-6,9-10H2,1-4H3,(H,19,21)(H,20,22)/b8-7+/t13-,14-/m0/s1. The van der Waals surface area contributed by atoms with Gasteiger partial charge in [-0.05, 0) is 26.0 Å². The Morgan fingerprint density at radius 2 is 1.07 bits per heavy atom. The maximum atomic E-state index is 11.9. The molecule has 30 heavy (non-hydrogen) atoms. The van der Waals surface area contributed by atoms with Crippen molar-refractivity contribution in [2.75, 3.05) is 24.7 Å². The van der Waals surface area contributed by atoms with E-state index < -0.39 is 46.1 Å². The Kier molecular flexibility index (Phi) is 14.3. The minimum Gasteiger partial charge on any atom is -0.464 e. The van der Waals surface area contributed by atoms with Crippen LogP contribution in [0, 0.1) is 0 Å². The van der Waals surface area contributed by atoms with Crippen molar-refractivity contribution < 1.29 is 38.2 Å². The highest BCUT2D eigenvalue weighted by Gasteiger charge is 2.23. The molecule has 0 spiro atoms. The van der Waals surface area contributed by atoms with Crippen LogP contribution in [0.5, 0.6) is 0 Å². The van der Waals surface area contributed by atoms with Crippen molar-refractivity contribution in [2.45, 2.75) is 39.8 Å². The van der Waals surface area contributed by atoms with Crippen molar-refractivity contribution in [3.05, 3.63) is 12.2 Å². The summed E-state index contributed by atoms with van der Waals surface area (Å²) in [4.78, 5) is 69.7. The van der Waals surface area contributed by atoms with Crippen LogP contribution in [0.25, 0.3) is 0 Å². The quantitative estimate of drug-likeness (QED) is 0.305. The largest absolute Gasteiger partial charge is 0.464 e. The van der Waals surface area contributed by atoms with Gasteiger partial charge in [-0.3, -0.25) is 19.2 Å². The zero-order chi connectivity index (χ0) is 23.1. The lowest BCUT2D eigenvalue weighted by Gasteiger charge is -2.15. The van der Waals surface area contributed by atoms with Gasteiger partial charge < -0.3 is 20.1 Å². The molecule has 0 rings (SSSR count). The molecule has 2 atom stereocenters. The van der Waals surface area contributed by atoms with Gasteiger partial charge in [0.25, 0.3) is 0 Å². The Hall–Kier alpha value is -2.34. The number of thioether (sulfide) groups is 2. The monoisotopic (exact) mass is 462 g/mol. The second-order valence-corrected chi connectivity index (χ2v) is 7.65.